The third kappa shape index (κ3) is 1.97. The fourth-order valence-electron chi connectivity index (χ4n) is 2.58. The van der Waals surface area contributed by atoms with Crippen molar-refractivity contribution in [3.8, 4) is 0 Å². The maximum atomic E-state index is 12.2. The van der Waals surface area contributed by atoms with E-state index in [1.807, 2.05) is 0 Å². The summed E-state index contributed by atoms with van der Waals surface area (Å²) in [4.78, 5) is 14.0. The van der Waals surface area contributed by atoms with Gasteiger partial charge in [-0.3, -0.25) is 9.69 Å². The number of carbonyl (C=O) groups is 1. The van der Waals surface area contributed by atoms with Crippen molar-refractivity contribution in [2.24, 2.45) is 5.92 Å². The van der Waals surface area contributed by atoms with Crippen LogP contribution in [0, 0.1) is 5.92 Å². The van der Waals surface area contributed by atoms with Crippen LogP contribution < -0.4 is 4.90 Å². The van der Waals surface area contributed by atoms with Gasteiger partial charge in [-0.2, -0.15) is 10.3 Å². The zero-order valence-corrected chi connectivity index (χ0v) is 9.72. The molecule has 0 saturated carbocycles. The number of aromatic amines is 1. The van der Waals surface area contributed by atoms with Gasteiger partial charge in [-0.25, -0.2) is 0 Å². The largest absolute Gasteiger partial charge is 0.294 e. The summed E-state index contributed by atoms with van der Waals surface area (Å²) in [5, 5.41) is 10.8. The van der Waals surface area contributed by atoms with Crippen LogP contribution in [0.3, 0.4) is 0 Å². The fraction of sp³-hybridized carbons (Fsp3) is 0.583. The number of carbonyl (C=O) groups excluding carboxylic acids is 1. The molecule has 2 heterocycles. The topological polar surface area (TPSA) is 61.9 Å². The Morgan fingerprint density at radius 1 is 1.53 bits per heavy atom. The molecule has 5 heteroatoms. The Morgan fingerprint density at radius 2 is 2.47 bits per heavy atom. The number of aromatic nitrogens is 3. The molecule has 0 radical (unpaired) electrons. The first-order valence-corrected chi connectivity index (χ1v) is 6.21. The number of allylic oxidation sites excluding steroid dienone is 2. The molecule has 1 unspecified atom stereocenters. The van der Waals surface area contributed by atoms with Crippen molar-refractivity contribution < 1.29 is 4.79 Å². The summed E-state index contributed by atoms with van der Waals surface area (Å²) in [6, 6.07) is 0. The molecule has 1 atom stereocenters. The molecule has 1 amide bonds. The first-order chi connectivity index (χ1) is 8.34. The number of nitrogens with zero attached hydrogens (tertiary/aromatic N) is 3. The van der Waals surface area contributed by atoms with E-state index < -0.39 is 0 Å². The van der Waals surface area contributed by atoms with Gasteiger partial charge in [0.15, 0.2) is 5.82 Å². The summed E-state index contributed by atoms with van der Waals surface area (Å²) < 4.78 is 0. The van der Waals surface area contributed by atoms with Crippen molar-refractivity contribution in [1.82, 2.24) is 15.4 Å². The van der Waals surface area contributed by atoms with Crippen molar-refractivity contribution in [3.05, 3.63) is 17.8 Å². The molecule has 90 valence electrons. The smallest absolute Gasteiger partial charge is 0.228 e. The molecule has 1 aromatic rings. The molecule has 0 spiro atoms. The SMILES string of the molecule is O=C(CC1C=CCC1)N1CCCc2n[nH]nc21. The predicted octanol–water partition coefficient (Wildman–Crippen LogP) is 1.44. The van der Waals surface area contributed by atoms with Gasteiger partial charge in [-0.05, 0) is 31.6 Å². The summed E-state index contributed by atoms with van der Waals surface area (Å²) in [5.74, 6) is 1.33. The lowest BCUT2D eigenvalue weighted by Gasteiger charge is -2.25. The summed E-state index contributed by atoms with van der Waals surface area (Å²) in [5.41, 5.74) is 0.923. The number of anilines is 1. The first kappa shape index (κ1) is 10.5. The summed E-state index contributed by atoms with van der Waals surface area (Å²) >= 11 is 0. The Labute approximate surface area is 99.9 Å². The Balaban J connectivity index is 1.72. The number of amides is 1. The minimum absolute atomic E-state index is 0.177. The van der Waals surface area contributed by atoms with Crippen molar-refractivity contribution in [3.63, 3.8) is 0 Å². The van der Waals surface area contributed by atoms with Crippen LogP contribution in [-0.2, 0) is 11.2 Å². The van der Waals surface area contributed by atoms with Crippen molar-refractivity contribution in [2.45, 2.75) is 32.1 Å². The van der Waals surface area contributed by atoms with Gasteiger partial charge < -0.3 is 0 Å². The van der Waals surface area contributed by atoms with E-state index in [-0.39, 0.29) is 5.91 Å². The molecule has 1 aliphatic heterocycles. The standard InChI is InChI=1S/C12H16N4O/c17-11(8-9-4-1-2-5-9)16-7-3-6-10-12(16)14-15-13-10/h1,4,9H,2-3,5-8H2,(H,13,14,15). The highest BCUT2D eigenvalue weighted by molar-refractivity contribution is 5.93. The lowest BCUT2D eigenvalue weighted by atomic mass is 10.0. The van der Waals surface area contributed by atoms with E-state index in [2.05, 4.69) is 27.6 Å². The summed E-state index contributed by atoms with van der Waals surface area (Å²) in [6.07, 6.45) is 9.02. The highest BCUT2D eigenvalue weighted by Gasteiger charge is 2.27. The Hall–Kier alpha value is -1.65. The Bertz CT molecular complexity index is 451. The molecule has 17 heavy (non-hydrogen) atoms. The van der Waals surface area contributed by atoms with E-state index in [1.165, 1.54) is 0 Å². The van der Waals surface area contributed by atoms with E-state index in [0.717, 1.165) is 43.7 Å². The van der Waals surface area contributed by atoms with Crippen LogP contribution in [0.2, 0.25) is 0 Å². The molecule has 5 nitrogen and oxygen atoms in total. The van der Waals surface area contributed by atoms with Gasteiger partial charge in [0.1, 0.15) is 5.69 Å². The van der Waals surface area contributed by atoms with E-state index >= 15 is 0 Å². The molecule has 1 aliphatic carbocycles. The predicted molar refractivity (Wildman–Crippen MR) is 63.5 cm³/mol. The molecule has 1 aromatic heterocycles. The van der Waals surface area contributed by atoms with Gasteiger partial charge in [0, 0.05) is 13.0 Å². The average Bonchev–Trinajstić information content (AvgIpc) is 2.97. The number of rotatable bonds is 2. The highest BCUT2D eigenvalue weighted by Crippen LogP contribution is 2.26. The molecule has 1 N–H and O–H groups in total. The maximum absolute atomic E-state index is 12.2. The van der Waals surface area contributed by atoms with Gasteiger partial charge in [0.05, 0.1) is 0 Å². The molecular formula is C12H16N4O. The molecular weight excluding hydrogens is 216 g/mol. The third-order valence-electron chi connectivity index (χ3n) is 3.50. The minimum atomic E-state index is 0.177. The fourth-order valence-corrected chi connectivity index (χ4v) is 2.58. The van der Waals surface area contributed by atoms with Crippen molar-refractivity contribution in [1.29, 1.82) is 0 Å². The van der Waals surface area contributed by atoms with Gasteiger partial charge in [0.2, 0.25) is 5.91 Å². The van der Waals surface area contributed by atoms with Crippen molar-refractivity contribution in [2.75, 3.05) is 11.4 Å². The number of H-pyrrole nitrogens is 1. The number of fused-ring (bicyclic) bond motifs is 1. The lowest BCUT2D eigenvalue weighted by molar-refractivity contribution is -0.119. The zero-order chi connectivity index (χ0) is 11.7. The zero-order valence-electron chi connectivity index (χ0n) is 9.72. The van der Waals surface area contributed by atoms with Crippen LogP contribution in [0.5, 0.6) is 0 Å². The molecule has 0 fully saturated rings. The van der Waals surface area contributed by atoms with Crippen LogP contribution in [0.4, 0.5) is 5.82 Å². The van der Waals surface area contributed by atoms with Gasteiger partial charge in [0.25, 0.3) is 0 Å². The quantitative estimate of drug-likeness (QED) is 0.785. The van der Waals surface area contributed by atoms with Crippen LogP contribution in [0.1, 0.15) is 31.4 Å². The Kier molecular flexibility index (Phi) is 2.66. The van der Waals surface area contributed by atoms with Crippen LogP contribution in [0.25, 0.3) is 0 Å². The second-order valence-corrected chi connectivity index (χ2v) is 4.71. The first-order valence-electron chi connectivity index (χ1n) is 6.21. The normalized spacial score (nSPS) is 22.8. The van der Waals surface area contributed by atoms with Crippen LogP contribution >= 0.6 is 0 Å². The highest BCUT2D eigenvalue weighted by atomic mass is 16.2. The second kappa shape index (κ2) is 4.31. The number of nitrogens with one attached hydrogen (secondary N) is 1. The van der Waals surface area contributed by atoms with Crippen molar-refractivity contribution >= 4 is 11.7 Å². The summed E-state index contributed by atoms with van der Waals surface area (Å²) in [7, 11) is 0. The lowest BCUT2D eigenvalue weighted by Crippen LogP contribution is -2.36. The second-order valence-electron chi connectivity index (χ2n) is 4.71. The molecule has 0 aromatic carbocycles. The average molecular weight is 232 g/mol. The molecule has 2 aliphatic rings. The molecule has 0 saturated heterocycles. The van der Waals surface area contributed by atoms with Gasteiger partial charge in [-0.1, -0.05) is 12.2 Å². The van der Waals surface area contributed by atoms with E-state index in [4.69, 9.17) is 0 Å². The number of hydrogen-bond donors (Lipinski definition) is 1. The molecule has 0 bridgehead atoms. The number of hydrogen-bond acceptors (Lipinski definition) is 3. The third-order valence-corrected chi connectivity index (χ3v) is 3.50. The van der Waals surface area contributed by atoms with E-state index in [9.17, 15) is 4.79 Å². The van der Waals surface area contributed by atoms with Gasteiger partial charge in [-0.15, -0.1) is 5.10 Å². The van der Waals surface area contributed by atoms with E-state index in [0.29, 0.717) is 12.3 Å². The summed E-state index contributed by atoms with van der Waals surface area (Å²) in [6.45, 7) is 0.773. The maximum Gasteiger partial charge on any atom is 0.228 e. The van der Waals surface area contributed by atoms with E-state index in [1.54, 1.807) is 4.90 Å². The Morgan fingerprint density at radius 3 is 3.29 bits per heavy atom. The van der Waals surface area contributed by atoms with Gasteiger partial charge >= 0.3 is 0 Å². The number of aryl methyl sites for hydroxylation is 1. The molecule has 3 rings (SSSR count). The minimum Gasteiger partial charge on any atom is -0.294 e. The van der Waals surface area contributed by atoms with Crippen LogP contribution in [0.15, 0.2) is 12.2 Å². The van der Waals surface area contributed by atoms with Crippen LogP contribution in [-0.4, -0.2) is 27.9 Å². The monoisotopic (exact) mass is 232 g/mol.